The number of nitrogens with one attached hydrogen (secondary N) is 1. The molecule has 0 spiro atoms. The molecule has 0 atom stereocenters. The molecule has 1 heterocycles. The second-order valence-corrected chi connectivity index (χ2v) is 7.99. The number of imide groups is 1. The number of benzene rings is 3. The minimum atomic E-state index is -0.493. The van der Waals surface area contributed by atoms with Gasteiger partial charge in [-0.25, -0.2) is 9.29 Å². The van der Waals surface area contributed by atoms with Crippen molar-refractivity contribution in [3.05, 3.63) is 99.5 Å². The standard InChI is InChI=1S/C25H20ClFN2O2/c1-14-5-11-20(12-16(14)3)28-23-22(17-6-9-19(27)10-7-17)24(30)29(25(23)31)21-13-18(26)8-4-15(21)2/h4-13,28H,1-3H3. The third-order valence-corrected chi connectivity index (χ3v) is 5.64. The lowest BCUT2D eigenvalue weighted by Gasteiger charge is -2.18. The van der Waals surface area contributed by atoms with Crippen molar-refractivity contribution in [1.82, 2.24) is 0 Å². The predicted molar refractivity (Wildman–Crippen MR) is 122 cm³/mol. The van der Waals surface area contributed by atoms with Gasteiger partial charge in [-0.2, -0.15) is 0 Å². The van der Waals surface area contributed by atoms with Crippen LogP contribution in [0.15, 0.2) is 66.4 Å². The minimum absolute atomic E-state index is 0.138. The number of hydrogen-bond donors (Lipinski definition) is 1. The third-order valence-electron chi connectivity index (χ3n) is 5.41. The number of hydrogen-bond acceptors (Lipinski definition) is 3. The quantitative estimate of drug-likeness (QED) is 0.528. The van der Waals surface area contributed by atoms with Crippen molar-refractivity contribution in [1.29, 1.82) is 0 Å². The normalized spacial score (nSPS) is 13.9. The van der Waals surface area contributed by atoms with Crippen molar-refractivity contribution >= 4 is 40.4 Å². The molecule has 2 amide bonds. The van der Waals surface area contributed by atoms with Gasteiger partial charge in [0.1, 0.15) is 11.5 Å². The first-order valence-corrected chi connectivity index (χ1v) is 10.1. The lowest BCUT2D eigenvalue weighted by Crippen LogP contribution is -2.33. The molecule has 0 aliphatic carbocycles. The molecule has 0 saturated heterocycles. The topological polar surface area (TPSA) is 49.4 Å². The fourth-order valence-corrected chi connectivity index (χ4v) is 3.70. The molecule has 1 aliphatic heterocycles. The van der Waals surface area contributed by atoms with E-state index in [-0.39, 0.29) is 11.3 Å². The van der Waals surface area contributed by atoms with Crippen LogP contribution in [0.4, 0.5) is 15.8 Å². The van der Waals surface area contributed by atoms with Gasteiger partial charge < -0.3 is 5.32 Å². The van der Waals surface area contributed by atoms with Gasteiger partial charge in [0.05, 0.1) is 11.3 Å². The average molecular weight is 435 g/mol. The zero-order valence-corrected chi connectivity index (χ0v) is 18.0. The second kappa shape index (κ2) is 8.00. The Bertz CT molecular complexity index is 1250. The van der Waals surface area contributed by atoms with E-state index in [1.165, 1.54) is 24.3 Å². The van der Waals surface area contributed by atoms with E-state index in [4.69, 9.17) is 11.6 Å². The number of carbonyl (C=O) groups excluding carboxylic acids is 2. The number of nitrogens with zero attached hydrogens (tertiary/aromatic N) is 1. The number of halogens is 2. The molecule has 0 aromatic heterocycles. The van der Waals surface area contributed by atoms with Crippen LogP contribution in [0.1, 0.15) is 22.3 Å². The van der Waals surface area contributed by atoms with Crippen molar-refractivity contribution in [2.24, 2.45) is 0 Å². The van der Waals surface area contributed by atoms with Crippen LogP contribution in [0.25, 0.3) is 5.57 Å². The maximum atomic E-state index is 13.5. The first-order valence-electron chi connectivity index (χ1n) is 9.75. The SMILES string of the molecule is Cc1ccc(NC2=C(c3ccc(F)cc3)C(=O)N(c3cc(Cl)ccc3C)C2=O)cc1C. The van der Waals surface area contributed by atoms with E-state index in [1.807, 2.05) is 32.0 Å². The summed E-state index contributed by atoms with van der Waals surface area (Å²) in [4.78, 5) is 28.0. The Hall–Kier alpha value is -3.44. The Morgan fingerprint density at radius 3 is 2.16 bits per heavy atom. The summed E-state index contributed by atoms with van der Waals surface area (Å²) in [6.45, 7) is 5.77. The predicted octanol–water partition coefficient (Wildman–Crippen LogP) is 5.80. The first kappa shape index (κ1) is 20.8. The average Bonchev–Trinajstić information content (AvgIpc) is 2.97. The molecule has 1 aliphatic rings. The van der Waals surface area contributed by atoms with Crippen molar-refractivity contribution in [3.63, 3.8) is 0 Å². The Balaban J connectivity index is 1.85. The molecule has 0 fully saturated rings. The molecule has 0 unspecified atom stereocenters. The largest absolute Gasteiger partial charge is 0.350 e. The van der Waals surface area contributed by atoms with Gasteiger partial charge >= 0.3 is 0 Å². The van der Waals surface area contributed by atoms with Crippen LogP contribution in [-0.4, -0.2) is 11.8 Å². The Morgan fingerprint density at radius 2 is 1.48 bits per heavy atom. The summed E-state index contributed by atoms with van der Waals surface area (Å²) in [5.74, 6) is -1.41. The van der Waals surface area contributed by atoms with E-state index >= 15 is 0 Å². The van der Waals surface area contributed by atoms with Crippen LogP contribution in [-0.2, 0) is 9.59 Å². The number of carbonyl (C=O) groups is 2. The fourth-order valence-electron chi connectivity index (χ4n) is 3.54. The molecule has 3 aromatic rings. The third kappa shape index (κ3) is 3.84. The monoisotopic (exact) mass is 434 g/mol. The number of rotatable bonds is 4. The summed E-state index contributed by atoms with van der Waals surface area (Å²) < 4.78 is 13.5. The molecule has 0 radical (unpaired) electrons. The van der Waals surface area contributed by atoms with Gasteiger partial charge in [0, 0.05) is 10.7 Å². The van der Waals surface area contributed by atoms with E-state index in [0.717, 1.165) is 21.6 Å². The highest BCUT2D eigenvalue weighted by Crippen LogP contribution is 2.36. The number of anilines is 2. The smallest absolute Gasteiger partial charge is 0.282 e. The van der Waals surface area contributed by atoms with Gasteiger partial charge in [0.2, 0.25) is 0 Å². The summed E-state index contributed by atoms with van der Waals surface area (Å²) in [5.41, 5.74) is 4.77. The summed E-state index contributed by atoms with van der Waals surface area (Å²) in [6.07, 6.45) is 0. The fraction of sp³-hybridized carbons (Fsp3) is 0.120. The highest BCUT2D eigenvalue weighted by molar-refractivity contribution is 6.46. The van der Waals surface area contributed by atoms with Crippen molar-refractivity contribution in [2.45, 2.75) is 20.8 Å². The maximum absolute atomic E-state index is 13.5. The van der Waals surface area contributed by atoms with E-state index in [0.29, 0.717) is 22.0 Å². The van der Waals surface area contributed by atoms with Crippen LogP contribution in [0.2, 0.25) is 5.02 Å². The lowest BCUT2D eigenvalue weighted by atomic mass is 10.0. The molecule has 4 rings (SSSR count). The van der Waals surface area contributed by atoms with Crippen LogP contribution in [0.5, 0.6) is 0 Å². The van der Waals surface area contributed by atoms with E-state index in [2.05, 4.69) is 5.32 Å². The molecule has 0 bridgehead atoms. The van der Waals surface area contributed by atoms with Gasteiger partial charge in [0.25, 0.3) is 11.8 Å². The molecule has 6 heteroatoms. The Morgan fingerprint density at radius 1 is 0.806 bits per heavy atom. The number of amides is 2. The van der Waals surface area contributed by atoms with Crippen LogP contribution in [0, 0.1) is 26.6 Å². The first-order chi connectivity index (χ1) is 14.8. The van der Waals surface area contributed by atoms with E-state index in [1.54, 1.807) is 25.1 Å². The molecular formula is C25H20ClFN2O2. The second-order valence-electron chi connectivity index (χ2n) is 7.56. The maximum Gasteiger partial charge on any atom is 0.282 e. The molecule has 1 N–H and O–H groups in total. The molecule has 156 valence electrons. The number of aryl methyl sites for hydroxylation is 3. The summed E-state index contributed by atoms with van der Waals surface area (Å²) in [6, 6.07) is 16.3. The molecule has 31 heavy (non-hydrogen) atoms. The molecular weight excluding hydrogens is 415 g/mol. The van der Waals surface area contributed by atoms with Gasteiger partial charge in [-0.3, -0.25) is 9.59 Å². The van der Waals surface area contributed by atoms with Crippen molar-refractivity contribution in [2.75, 3.05) is 10.2 Å². The van der Waals surface area contributed by atoms with Gasteiger partial charge in [-0.05, 0) is 79.4 Å². The molecule has 3 aromatic carbocycles. The van der Waals surface area contributed by atoms with Gasteiger partial charge in [-0.15, -0.1) is 0 Å². The lowest BCUT2D eigenvalue weighted by molar-refractivity contribution is -0.120. The summed E-state index contributed by atoms with van der Waals surface area (Å²) in [7, 11) is 0. The highest BCUT2D eigenvalue weighted by Gasteiger charge is 2.41. The summed E-state index contributed by atoms with van der Waals surface area (Å²) in [5, 5.41) is 3.54. The van der Waals surface area contributed by atoms with E-state index < -0.39 is 17.6 Å². The minimum Gasteiger partial charge on any atom is -0.350 e. The van der Waals surface area contributed by atoms with Gasteiger partial charge in [-0.1, -0.05) is 35.9 Å². The van der Waals surface area contributed by atoms with E-state index in [9.17, 15) is 14.0 Å². The van der Waals surface area contributed by atoms with Crippen molar-refractivity contribution in [3.8, 4) is 0 Å². The van der Waals surface area contributed by atoms with Crippen LogP contribution < -0.4 is 10.2 Å². The zero-order valence-electron chi connectivity index (χ0n) is 17.3. The molecule has 0 saturated carbocycles. The molecule has 4 nitrogen and oxygen atoms in total. The van der Waals surface area contributed by atoms with Crippen LogP contribution in [0.3, 0.4) is 0 Å². The highest BCUT2D eigenvalue weighted by atomic mass is 35.5. The Kier molecular flexibility index (Phi) is 5.38. The van der Waals surface area contributed by atoms with Crippen molar-refractivity contribution < 1.29 is 14.0 Å². The van der Waals surface area contributed by atoms with Crippen LogP contribution >= 0.6 is 11.6 Å². The zero-order chi connectivity index (χ0) is 22.3. The van der Waals surface area contributed by atoms with Gasteiger partial charge in [0.15, 0.2) is 0 Å². The Labute approximate surface area is 185 Å². The summed E-state index contributed by atoms with van der Waals surface area (Å²) >= 11 is 6.14.